The van der Waals surface area contributed by atoms with Crippen molar-refractivity contribution in [2.45, 2.75) is 13.8 Å². The summed E-state index contributed by atoms with van der Waals surface area (Å²) in [7, 11) is 0. The molecule has 0 aliphatic rings. The SMILES string of the molecule is Cc1ccc(-c2nc(N)ccc2[N+](=O)[O-])c(C)c1. The number of hydrogen-bond donors (Lipinski definition) is 1. The van der Waals surface area contributed by atoms with Crippen LogP contribution in [0.5, 0.6) is 0 Å². The number of pyridine rings is 1. The van der Waals surface area contributed by atoms with Gasteiger partial charge in [0.15, 0.2) is 5.69 Å². The van der Waals surface area contributed by atoms with Gasteiger partial charge in [-0.05, 0) is 25.5 Å². The Kier molecular flexibility index (Phi) is 2.97. The molecule has 2 N–H and O–H groups in total. The summed E-state index contributed by atoms with van der Waals surface area (Å²) in [6, 6.07) is 8.52. The highest BCUT2D eigenvalue weighted by Gasteiger charge is 2.18. The maximum Gasteiger partial charge on any atom is 0.295 e. The molecule has 1 heterocycles. The second-order valence-electron chi connectivity index (χ2n) is 4.18. The van der Waals surface area contributed by atoms with Crippen LogP contribution in [0.15, 0.2) is 30.3 Å². The first-order chi connectivity index (χ1) is 8.49. The van der Waals surface area contributed by atoms with E-state index < -0.39 is 4.92 Å². The van der Waals surface area contributed by atoms with Gasteiger partial charge in [0.2, 0.25) is 0 Å². The van der Waals surface area contributed by atoms with Crippen molar-refractivity contribution in [2.24, 2.45) is 0 Å². The number of nitrogen functional groups attached to an aromatic ring is 1. The number of aromatic nitrogens is 1. The fourth-order valence-electron chi connectivity index (χ4n) is 1.89. The Morgan fingerprint density at radius 2 is 1.94 bits per heavy atom. The molecule has 0 saturated carbocycles. The van der Waals surface area contributed by atoms with Gasteiger partial charge in [0, 0.05) is 11.6 Å². The lowest BCUT2D eigenvalue weighted by Gasteiger charge is -2.07. The molecule has 0 aliphatic heterocycles. The van der Waals surface area contributed by atoms with Crippen LogP contribution in [0.2, 0.25) is 0 Å². The third-order valence-electron chi connectivity index (χ3n) is 2.73. The summed E-state index contributed by atoms with van der Waals surface area (Å²) in [5, 5.41) is 11.0. The number of nitrogens with two attached hydrogens (primary N) is 1. The molecule has 0 radical (unpaired) electrons. The molecule has 5 heteroatoms. The molecule has 5 nitrogen and oxygen atoms in total. The van der Waals surface area contributed by atoms with E-state index in [9.17, 15) is 10.1 Å². The number of benzene rings is 1. The summed E-state index contributed by atoms with van der Waals surface area (Å²) < 4.78 is 0. The molecule has 1 aromatic carbocycles. The Bertz CT molecular complexity index is 624. The van der Waals surface area contributed by atoms with Gasteiger partial charge in [0.05, 0.1) is 4.92 Å². The average Bonchev–Trinajstić information content (AvgIpc) is 2.28. The van der Waals surface area contributed by atoms with Gasteiger partial charge < -0.3 is 5.73 Å². The lowest BCUT2D eigenvalue weighted by molar-refractivity contribution is -0.384. The van der Waals surface area contributed by atoms with Gasteiger partial charge in [0.1, 0.15) is 5.82 Å². The lowest BCUT2D eigenvalue weighted by atomic mass is 10.0. The van der Waals surface area contributed by atoms with Crippen molar-refractivity contribution < 1.29 is 4.92 Å². The zero-order valence-electron chi connectivity index (χ0n) is 10.2. The van der Waals surface area contributed by atoms with E-state index in [-0.39, 0.29) is 11.5 Å². The summed E-state index contributed by atoms with van der Waals surface area (Å²) in [6.07, 6.45) is 0. The third kappa shape index (κ3) is 2.15. The molecule has 0 atom stereocenters. The van der Waals surface area contributed by atoms with Gasteiger partial charge >= 0.3 is 0 Å². The van der Waals surface area contributed by atoms with Crippen LogP contribution >= 0.6 is 0 Å². The second kappa shape index (κ2) is 4.44. The standard InChI is InChI=1S/C13H13N3O2/c1-8-3-4-10(9(2)7-8)13-11(16(17)18)5-6-12(14)15-13/h3-7H,1-2H3,(H2,14,15). The molecule has 0 bridgehead atoms. The molecule has 0 aliphatic carbocycles. The number of rotatable bonds is 2. The fourth-order valence-corrected chi connectivity index (χ4v) is 1.89. The smallest absolute Gasteiger partial charge is 0.295 e. The van der Waals surface area contributed by atoms with Crippen molar-refractivity contribution in [1.29, 1.82) is 0 Å². The van der Waals surface area contributed by atoms with E-state index in [1.54, 1.807) is 0 Å². The highest BCUT2D eigenvalue weighted by molar-refractivity contribution is 5.73. The molecule has 0 unspecified atom stereocenters. The molecule has 2 aromatic rings. The molecule has 0 spiro atoms. The van der Waals surface area contributed by atoms with Crippen LogP contribution in [-0.4, -0.2) is 9.91 Å². The molecular formula is C13H13N3O2. The van der Waals surface area contributed by atoms with Crippen molar-refractivity contribution in [2.75, 3.05) is 5.73 Å². The Morgan fingerprint density at radius 1 is 1.22 bits per heavy atom. The zero-order chi connectivity index (χ0) is 13.3. The van der Waals surface area contributed by atoms with Crippen molar-refractivity contribution in [3.8, 4) is 11.3 Å². The molecule has 1 aromatic heterocycles. The molecule has 2 rings (SSSR count). The highest BCUT2D eigenvalue weighted by Crippen LogP contribution is 2.31. The van der Waals surface area contributed by atoms with Crippen LogP contribution in [0.1, 0.15) is 11.1 Å². The predicted molar refractivity (Wildman–Crippen MR) is 70.2 cm³/mol. The van der Waals surface area contributed by atoms with Crippen molar-refractivity contribution >= 4 is 11.5 Å². The molecular weight excluding hydrogens is 230 g/mol. The summed E-state index contributed by atoms with van der Waals surface area (Å²) >= 11 is 0. The number of nitrogens with zero attached hydrogens (tertiary/aromatic N) is 2. The van der Waals surface area contributed by atoms with E-state index in [1.165, 1.54) is 12.1 Å². The van der Waals surface area contributed by atoms with Gasteiger partial charge in [-0.1, -0.05) is 23.8 Å². The Morgan fingerprint density at radius 3 is 2.56 bits per heavy atom. The zero-order valence-corrected chi connectivity index (χ0v) is 10.2. The average molecular weight is 243 g/mol. The van der Waals surface area contributed by atoms with Gasteiger partial charge in [-0.25, -0.2) is 4.98 Å². The van der Waals surface area contributed by atoms with Crippen LogP contribution in [0.3, 0.4) is 0 Å². The van der Waals surface area contributed by atoms with E-state index >= 15 is 0 Å². The predicted octanol–water partition coefficient (Wildman–Crippen LogP) is 2.86. The first kappa shape index (κ1) is 12.0. The summed E-state index contributed by atoms with van der Waals surface area (Å²) in [6.45, 7) is 3.87. The number of hydrogen-bond acceptors (Lipinski definition) is 4. The van der Waals surface area contributed by atoms with Gasteiger partial charge in [-0.2, -0.15) is 0 Å². The molecule has 0 saturated heterocycles. The first-order valence-electron chi connectivity index (χ1n) is 5.47. The van der Waals surface area contributed by atoms with Crippen LogP contribution in [0.4, 0.5) is 11.5 Å². The first-order valence-corrected chi connectivity index (χ1v) is 5.47. The number of aryl methyl sites for hydroxylation is 2. The number of anilines is 1. The Hall–Kier alpha value is -2.43. The van der Waals surface area contributed by atoms with Crippen molar-refractivity contribution in [3.05, 3.63) is 51.6 Å². The van der Waals surface area contributed by atoms with E-state index in [0.717, 1.165) is 16.7 Å². The summed E-state index contributed by atoms with van der Waals surface area (Å²) in [5.74, 6) is 0.274. The monoisotopic (exact) mass is 243 g/mol. The minimum atomic E-state index is -0.443. The summed E-state index contributed by atoms with van der Waals surface area (Å²) in [4.78, 5) is 14.7. The van der Waals surface area contributed by atoms with E-state index in [1.807, 2.05) is 32.0 Å². The summed E-state index contributed by atoms with van der Waals surface area (Å²) in [5.41, 5.74) is 8.67. The van der Waals surface area contributed by atoms with Crippen LogP contribution in [-0.2, 0) is 0 Å². The largest absolute Gasteiger partial charge is 0.384 e. The van der Waals surface area contributed by atoms with Crippen LogP contribution in [0, 0.1) is 24.0 Å². The fraction of sp³-hybridized carbons (Fsp3) is 0.154. The molecule has 92 valence electrons. The molecule has 0 amide bonds. The van der Waals surface area contributed by atoms with Gasteiger partial charge in [-0.3, -0.25) is 10.1 Å². The number of nitro groups is 1. The topological polar surface area (TPSA) is 82.0 Å². The van der Waals surface area contributed by atoms with E-state index in [0.29, 0.717) is 5.69 Å². The lowest BCUT2D eigenvalue weighted by Crippen LogP contribution is -1.99. The van der Waals surface area contributed by atoms with Crippen LogP contribution in [0.25, 0.3) is 11.3 Å². The maximum absolute atomic E-state index is 11.0. The molecule has 0 fully saturated rings. The van der Waals surface area contributed by atoms with Crippen LogP contribution < -0.4 is 5.73 Å². The highest BCUT2D eigenvalue weighted by atomic mass is 16.6. The van der Waals surface area contributed by atoms with Crippen molar-refractivity contribution in [1.82, 2.24) is 4.98 Å². The van der Waals surface area contributed by atoms with Gasteiger partial charge in [-0.15, -0.1) is 0 Å². The van der Waals surface area contributed by atoms with Gasteiger partial charge in [0.25, 0.3) is 5.69 Å². The minimum absolute atomic E-state index is 0.0313. The second-order valence-corrected chi connectivity index (χ2v) is 4.18. The van der Waals surface area contributed by atoms with E-state index in [4.69, 9.17) is 5.73 Å². The Labute approximate surface area is 104 Å². The minimum Gasteiger partial charge on any atom is -0.384 e. The van der Waals surface area contributed by atoms with E-state index in [2.05, 4.69) is 4.98 Å². The molecule has 18 heavy (non-hydrogen) atoms. The Balaban J connectivity index is 2.69. The van der Waals surface area contributed by atoms with Crippen molar-refractivity contribution in [3.63, 3.8) is 0 Å². The quantitative estimate of drug-likeness (QED) is 0.649. The maximum atomic E-state index is 11.0. The normalized spacial score (nSPS) is 10.3. The third-order valence-corrected chi connectivity index (χ3v) is 2.73.